The smallest absolute Gasteiger partial charge is 0.160 e. The fraction of sp³-hybridized carbons (Fsp3) is 0.429. The lowest BCUT2D eigenvalue weighted by Gasteiger charge is -2.41. The van der Waals surface area contributed by atoms with Crippen LogP contribution in [0.1, 0.15) is 66.4 Å². The van der Waals surface area contributed by atoms with Crippen LogP contribution in [0.25, 0.3) is 11.1 Å². The Labute approximate surface area is 257 Å². The van der Waals surface area contributed by atoms with Crippen LogP contribution in [0.15, 0.2) is 54.9 Å². The molecule has 0 bridgehead atoms. The number of ether oxygens (including phenoxy) is 3. The first-order chi connectivity index (χ1) is 21.4. The van der Waals surface area contributed by atoms with E-state index in [0.717, 1.165) is 60.2 Å². The van der Waals surface area contributed by atoms with E-state index in [-0.39, 0.29) is 36.2 Å². The molecule has 0 radical (unpaired) electrons. The molecule has 4 unspecified atom stereocenters. The molecule has 1 fully saturated rings. The Hall–Kier alpha value is -3.92. The summed E-state index contributed by atoms with van der Waals surface area (Å²) in [6.45, 7) is 0.866. The van der Waals surface area contributed by atoms with Crippen molar-refractivity contribution >= 4 is 0 Å². The summed E-state index contributed by atoms with van der Waals surface area (Å²) in [5, 5.41) is 45.4. The number of fused-ring (bicyclic) bond motifs is 5. The number of methoxy groups -OCH3 is 1. The third kappa shape index (κ3) is 4.93. The van der Waals surface area contributed by atoms with E-state index in [0.29, 0.717) is 29.2 Å². The first-order valence-electron chi connectivity index (χ1n) is 15.6. The molecule has 4 aliphatic rings. The number of benzene rings is 3. The maximum absolute atomic E-state index is 11.6. The van der Waals surface area contributed by atoms with Crippen LogP contribution >= 0.6 is 0 Å². The van der Waals surface area contributed by atoms with E-state index in [1.54, 1.807) is 24.3 Å². The molecular formula is C35H41N2O7+. The lowest BCUT2D eigenvalue weighted by molar-refractivity contribution is -0.901. The van der Waals surface area contributed by atoms with Gasteiger partial charge < -0.3 is 40.0 Å². The molecule has 44 heavy (non-hydrogen) atoms. The molecule has 3 aromatic carbocycles. The van der Waals surface area contributed by atoms with Crippen LogP contribution in [-0.4, -0.2) is 59.1 Å². The molecule has 2 aliphatic carbocycles. The maximum Gasteiger partial charge on any atom is 0.160 e. The van der Waals surface area contributed by atoms with E-state index in [1.807, 2.05) is 18.2 Å². The highest BCUT2D eigenvalue weighted by molar-refractivity contribution is 5.83. The molecule has 2 heterocycles. The van der Waals surface area contributed by atoms with Crippen LogP contribution in [0.5, 0.6) is 28.7 Å². The molecule has 7 rings (SSSR count). The number of nitrogens with one attached hydrogen (secondary N) is 2. The number of aromatic hydroxyl groups is 2. The first-order valence-corrected chi connectivity index (χ1v) is 15.6. The Kier molecular flexibility index (Phi) is 7.56. The van der Waals surface area contributed by atoms with E-state index in [2.05, 4.69) is 17.7 Å². The van der Waals surface area contributed by atoms with Crippen LogP contribution < -0.4 is 24.4 Å². The van der Waals surface area contributed by atoms with Crippen molar-refractivity contribution in [3.05, 3.63) is 77.1 Å². The number of hydrogen-bond acceptors (Lipinski definition) is 8. The Balaban J connectivity index is 1.38. The van der Waals surface area contributed by atoms with Gasteiger partial charge in [-0.3, -0.25) is 4.90 Å². The predicted octanol–water partition coefficient (Wildman–Crippen LogP) is 3.44. The van der Waals surface area contributed by atoms with Crippen molar-refractivity contribution in [3.8, 4) is 39.9 Å². The third-order valence-corrected chi connectivity index (χ3v) is 10.1. The Morgan fingerprint density at radius 3 is 2.64 bits per heavy atom. The molecule has 232 valence electrons. The van der Waals surface area contributed by atoms with Gasteiger partial charge in [0, 0.05) is 42.9 Å². The van der Waals surface area contributed by atoms with Crippen molar-refractivity contribution in [2.24, 2.45) is 0 Å². The van der Waals surface area contributed by atoms with Crippen LogP contribution in [0, 0.1) is 0 Å². The molecular weight excluding hydrogens is 560 g/mol. The summed E-state index contributed by atoms with van der Waals surface area (Å²) in [6, 6.07) is 12.4. The molecule has 9 heteroatoms. The normalized spacial score (nSPS) is 24.5. The number of phenolic OH excluding ortho intramolecular Hbond substituents is 2. The summed E-state index contributed by atoms with van der Waals surface area (Å²) in [6.07, 6.45) is 9.59. The summed E-state index contributed by atoms with van der Waals surface area (Å²) in [4.78, 5) is 1.46. The lowest BCUT2D eigenvalue weighted by Crippen LogP contribution is -3.16. The molecule has 1 saturated carbocycles. The van der Waals surface area contributed by atoms with E-state index in [1.165, 1.54) is 24.9 Å². The zero-order valence-corrected chi connectivity index (χ0v) is 25.0. The van der Waals surface area contributed by atoms with Gasteiger partial charge in [-0.1, -0.05) is 12.1 Å². The average Bonchev–Trinajstić information content (AvgIpc) is 3.73. The average molecular weight is 602 g/mol. The topological polar surface area (TPSA) is 125 Å². The van der Waals surface area contributed by atoms with Crippen molar-refractivity contribution in [3.63, 3.8) is 0 Å². The summed E-state index contributed by atoms with van der Waals surface area (Å²) >= 11 is 0. The molecule has 0 saturated heterocycles. The molecule has 0 spiro atoms. The van der Waals surface area contributed by atoms with Crippen LogP contribution in [0.2, 0.25) is 0 Å². The molecule has 0 amide bonds. The Bertz CT molecular complexity index is 1580. The second kappa shape index (κ2) is 11.5. The Morgan fingerprint density at radius 2 is 1.89 bits per heavy atom. The summed E-state index contributed by atoms with van der Waals surface area (Å²) in [5.41, 5.74) is 5.92. The van der Waals surface area contributed by atoms with Gasteiger partial charge in [0.05, 0.1) is 26.0 Å². The van der Waals surface area contributed by atoms with E-state index in [4.69, 9.17) is 14.2 Å². The predicted molar refractivity (Wildman–Crippen MR) is 164 cm³/mol. The van der Waals surface area contributed by atoms with Crippen LogP contribution in [0.4, 0.5) is 0 Å². The summed E-state index contributed by atoms with van der Waals surface area (Å²) in [5.74, 6) is 1.96. The summed E-state index contributed by atoms with van der Waals surface area (Å²) < 4.78 is 18.2. The quantitative estimate of drug-likeness (QED) is 0.232. The van der Waals surface area contributed by atoms with Gasteiger partial charge in [0.2, 0.25) is 0 Å². The van der Waals surface area contributed by atoms with Gasteiger partial charge in [-0.2, -0.15) is 0 Å². The monoisotopic (exact) mass is 601 g/mol. The number of hydrogen-bond donors (Lipinski definition) is 6. The molecule has 0 aromatic heterocycles. The van der Waals surface area contributed by atoms with Gasteiger partial charge >= 0.3 is 0 Å². The highest BCUT2D eigenvalue weighted by Crippen LogP contribution is 2.54. The van der Waals surface area contributed by atoms with Gasteiger partial charge in [0.25, 0.3) is 0 Å². The number of aliphatic hydroxyl groups excluding tert-OH is 2. The van der Waals surface area contributed by atoms with E-state index >= 15 is 0 Å². The molecule has 6 N–H and O–H groups in total. The number of rotatable bonds is 8. The van der Waals surface area contributed by atoms with E-state index < -0.39 is 12.2 Å². The van der Waals surface area contributed by atoms with Crippen molar-refractivity contribution in [1.82, 2.24) is 5.32 Å². The van der Waals surface area contributed by atoms with Gasteiger partial charge in [-0.25, -0.2) is 0 Å². The van der Waals surface area contributed by atoms with Crippen molar-refractivity contribution in [2.75, 3.05) is 27.0 Å². The van der Waals surface area contributed by atoms with Crippen LogP contribution in [0.3, 0.4) is 0 Å². The minimum Gasteiger partial charge on any atom is -0.508 e. The van der Waals surface area contributed by atoms with Crippen LogP contribution in [-0.2, 0) is 12.8 Å². The summed E-state index contributed by atoms with van der Waals surface area (Å²) in [7, 11) is 1.49. The standard InChI is InChI=1S/C35H40N2O7/c1-42-30-16-21(4-7-27(30)40)34-28(41)17-26-29(44-34)18-31(43-13-12-38)33-25-6-5-24(39)15-22(25)14-23(32(26)33)19-35(8-2-3-9-35)37-11-10-36-20-37/h4-7,10-11,15-16,18,23,28,34,36,38-41H,2-3,8-9,12-14,17,19-20H2,1H3/p+1. The number of aliphatic hydroxyl groups is 2. The first kappa shape index (κ1) is 28.8. The zero-order chi connectivity index (χ0) is 30.4. The van der Waals surface area contributed by atoms with Gasteiger partial charge in [-0.15, -0.1) is 0 Å². The molecule has 4 atom stereocenters. The van der Waals surface area contributed by atoms with Gasteiger partial charge in [0.15, 0.2) is 18.2 Å². The number of phenols is 2. The molecule has 9 nitrogen and oxygen atoms in total. The molecule has 2 aliphatic heterocycles. The minimum atomic E-state index is -0.830. The number of quaternary nitrogens is 1. The van der Waals surface area contributed by atoms with Crippen molar-refractivity contribution in [2.45, 2.75) is 68.6 Å². The van der Waals surface area contributed by atoms with Crippen molar-refractivity contribution < 1.29 is 39.5 Å². The fourth-order valence-electron chi connectivity index (χ4n) is 8.17. The van der Waals surface area contributed by atoms with E-state index in [9.17, 15) is 20.4 Å². The largest absolute Gasteiger partial charge is 0.508 e. The van der Waals surface area contributed by atoms with Crippen molar-refractivity contribution in [1.29, 1.82) is 0 Å². The second-order valence-corrected chi connectivity index (χ2v) is 12.6. The lowest BCUT2D eigenvalue weighted by atomic mass is 9.69. The maximum atomic E-state index is 11.6. The SMILES string of the molecule is COc1cc(C2Oc3cc(OCCO)c4c(c3CC2O)C(CC2([NH+]3C=CNC3)CCCC2)Cc2cc(O)ccc2-4)ccc1O. The highest BCUT2D eigenvalue weighted by Gasteiger charge is 2.48. The highest BCUT2D eigenvalue weighted by atomic mass is 16.5. The zero-order valence-electron chi connectivity index (χ0n) is 25.0. The second-order valence-electron chi connectivity index (χ2n) is 12.6. The van der Waals surface area contributed by atoms with Gasteiger partial charge in [0.1, 0.15) is 41.7 Å². The minimum absolute atomic E-state index is 0.0225. The fourth-order valence-corrected chi connectivity index (χ4v) is 8.17. The Morgan fingerprint density at radius 1 is 1.05 bits per heavy atom. The third-order valence-electron chi connectivity index (χ3n) is 10.1. The van der Waals surface area contributed by atoms with Gasteiger partial charge in [-0.05, 0) is 71.7 Å². The molecule has 3 aromatic rings.